The molecule has 4 nitrogen and oxygen atoms in total. The zero-order chi connectivity index (χ0) is 13.8. The van der Waals surface area contributed by atoms with Crippen molar-refractivity contribution in [3.05, 3.63) is 57.5 Å². The Morgan fingerprint density at radius 2 is 2.06 bits per heavy atom. The standard InChI is InChI=1S/C11H10F3NO3/c1-18-9(7-15(16)17)6-8-4-2-3-5-10(8)11(12,13)14/h2-5,7H,6H2,1H3. The van der Waals surface area contributed by atoms with Crippen molar-refractivity contribution >= 4 is 0 Å². The number of ether oxygens (including phenoxy) is 1. The summed E-state index contributed by atoms with van der Waals surface area (Å²) in [7, 11) is 1.17. The van der Waals surface area contributed by atoms with Crippen LogP contribution in [0.4, 0.5) is 13.2 Å². The Hall–Kier alpha value is -2.05. The maximum absolute atomic E-state index is 12.7. The molecule has 0 aliphatic heterocycles. The van der Waals surface area contributed by atoms with Gasteiger partial charge < -0.3 is 4.74 Å². The lowest BCUT2D eigenvalue weighted by atomic mass is 10.0. The minimum absolute atomic E-state index is 0.0695. The van der Waals surface area contributed by atoms with Crippen LogP contribution in [0.15, 0.2) is 36.2 Å². The fraction of sp³-hybridized carbons (Fsp3) is 0.273. The van der Waals surface area contributed by atoms with Gasteiger partial charge in [-0.2, -0.15) is 13.2 Å². The van der Waals surface area contributed by atoms with Crippen molar-refractivity contribution < 1.29 is 22.8 Å². The first kappa shape index (κ1) is 14.0. The van der Waals surface area contributed by atoms with Crippen LogP contribution in [0.3, 0.4) is 0 Å². The number of rotatable bonds is 4. The minimum atomic E-state index is -4.50. The summed E-state index contributed by atoms with van der Waals surface area (Å²) in [5.74, 6) is -0.142. The van der Waals surface area contributed by atoms with E-state index < -0.39 is 16.7 Å². The van der Waals surface area contributed by atoms with Gasteiger partial charge in [0, 0.05) is 6.42 Å². The molecule has 0 amide bonds. The van der Waals surface area contributed by atoms with Gasteiger partial charge in [0.2, 0.25) is 0 Å². The maximum Gasteiger partial charge on any atom is 0.416 e. The third kappa shape index (κ3) is 3.76. The summed E-state index contributed by atoms with van der Waals surface area (Å²) in [5, 5.41) is 10.3. The van der Waals surface area contributed by atoms with Crippen LogP contribution in [0.25, 0.3) is 0 Å². The van der Waals surface area contributed by atoms with Gasteiger partial charge in [0.15, 0.2) is 5.76 Å². The lowest BCUT2D eigenvalue weighted by molar-refractivity contribution is -0.405. The van der Waals surface area contributed by atoms with Crippen LogP contribution in [0.2, 0.25) is 0 Å². The third-order valence-electron chi connectivity index (χ3n) is 2.20. The van der Waals surface area contributed by atoms with Crippen molar-refractivity contribution in [2.75, 3.05) is 7.11 Å². The topological polar surface area (TPSA) is 52.4 Å². The van der Waals surface area contributed by atoms with E-state index >= 15 is 0 Å². The number of alkyl halides is 3. The zero-order valence-electron chi connectivity index (χ0n) is 9.40. The molecule has 1 rings (SSSR count). The minimum Gasteiger partial charge on any atom is -0.494 e. The van der Waals surface area contributed by atoms with E-state index in [0.717, 1.165) is 6.07 Å². The monoisotopic (exact) mass is 261 g/mol. The molecule has 0 fully saturated rings. The molecule has 0 aromatic heterocycles. The van der Waals surface area contributed by atoms with Crippen LogP contribution in [0.1, 0.15) is 11.1 Å². The van der Waals surface area contributed by atoms with E-state index in [1.165, 1.54) is 25.3 Å². The van der Waals surface area contributed by atoms with E-state index in [0.29, 0.717) is 6.20 Å². The largest absolute Gasteiger partial charge is 0.494 e. The number of nitrogens with zero attached hydrogens (tertiary/aromatic N) is 1. The van der Waals surface area contributed by atoms with Gasteiger partial charge in [-0.05, 0) is 11.6 Å². The second-order valence-electron chi connectivity index (χ2n) is 3.42. The first-order chi connectivity index (χ1) is 8.34. The normalized spacial score (nSPS) is 12.3. The predicted molar refractivity (Wildman–Crippen MR) is 57.2 cm³/mol. The summed E-state index contributed by atoms with van der Waals surface area (Å²) in [5.41, 5.74) is -0.892. The first-order valence-electron chi connectivity index (χ1n) is 4.88. The van der Waals surface area contributed by atoms with Gasteiger partial charge in [0.25, 0.3) is 6.20 Å². The van der Waals surface area contributed by atoms with Crippen LogP contribution in [-0.2, 0) is 17.3 Å². The maximum atomic E-state index is 12.7. The molecule has 0 aliphatic rings. The Labute approximate surface area is 101 Å². The van der Waals surface area contributed by atoms with E-state index in [2.05, 4.69) is 4.74 Å². The number of hydrogen-bond acceptors (Lipinski definition) is 3. The average Bonchev–Trinajstić information content (AvgIpc) is 2.26. The summed E-state index contributed by atoms with van der Waals surface area (Å²) in [4.78, 5) is 9.50. The van der Waals surface area contributed by atoms with E-state index in [4.69, 9.17) is 0 Å². The molecule has 18 heavy (non-hydrogen) atoms. The van der Waals surface area contributed by atoms with E-state index in [9.17, 15) is 23.3 Å². The molecule has 7 heteroatoms. The van der Waals surface area contributed by atoms with Crippen molar-refractivity contribution in [3.63, 3.8) is 0 Å². The van der Waals surface area contributed by atoms with E-state index in [-0.39, 0.29) is 17.7 Å². The van der Waals surface area contributed by atoms with Gasteiger partial charge in [-0.15, -0.1) is 0 Å². The Balaban J connectivity index is 3.08. The van der Waals surface area contributed by atoms with Crippen molar-refractivity contribution in [3.8, 4) is 0 Å². The summed E-state index contributed by atoms with van der Waals surface area (Å²) < 4.78 is 42.7. The molecule has 0 N–H and O–H groups in total. The smallest absolute Gasteiger partial charge is 0.416 e. The molecule has 0 saturated heterocycles. The van der Waals surface area contributed by atoms with Gasteiger partial charge in [0.1, 0.15) is 0 Å². The van der Waals surface area contributed by atoms with Crippen LogP contribution >= 0.6 is 0 Å². The fourth-order valence-electron chi connectivity index (χ4n) is 1.43. The molecular formula is C11H10F3NO3. The second-order valence-corrected chi connectivity index (χ2v) is 3.42. The van der Waals surface area contributed by atoms with Crippen molar-refractivity contribution in [2.45, 2.75) is 12.6 Å². The predicted octanol–water partition coefficient (Wildman–Crippen LogP) is 3.01. The quantitative estimate of drug-likeness (QED) is 0.475. The highest BCUT2D eigenvalue weighted by molar-refractivity contribution is 5.32. The average molecular weight is 261 g/mol. The number of hydrogen-bond donors (Lipinski definition) is 0. The first-order valence-corrected chi connectivity index (χ1v) is 4.88. The number of methoxy groups -OCH3 is 1. The van der Waals surface area contributed by atoms with Crippen LogP contribution < -0.4 is 0 Å². The molecule has 0 spiro atoms. The molecule has 0 atom stereocenters. The fourth-order valence-corrected chi connectivity index (χ4v) is 1.43. The molecule has 1 aromatic carbocycles. The highest BCUT2D eigenvalue weighted by atomic mass is 19.4. The summed E-state index contributed by atoms with van der Waals surface area (Å²) in [6.07, 6.45) is -4.23. The highest BCUT2D eigenvalue weighted by Gasteiger charge is 2.33. The van der Waals surface area contributed by atoms with Crippen LogP contribution in [-0.4, -0.2) is 12.0 Å². The molecule has 0 aliphatic carbocycles. The molecule has 98 valence electrons. The summed E-state index contributed by atoms with van der Waals surface area (Å²) >= 11 is 0. The molecule has 0 radical (unpaired) electrons. The Kier molecular flexibility index (Phi) is 4.30. The lowest BCUT2D eigenvalue weighted by Crippen LogP contribution is -2.10. The van der Waals surface area contributed by atoms with Crippen LogP contribution in [0, 0.1) is 10.1 Å². The molecule has 0 saturated carbocycles. The molecule has 0 heterocycles. The van der Waals surface area contributed by atoms with Gasteiger partial charge >= 0.3 is 6.18 Å². The molecule has 0 unspecified atom stereocenters. The zero-order valence-corrected chi connectivity index (χ0v) is 9.40. The number of benzene rings is 1. The highest BCUT2D eigenvalue weighted by Crippen LogP contribution is 2.32. The van der Waals surface area contributed by atoms with E-state index in [1.54, 1.807) is 0 Å². The van der Waals surface area contributed by atoms with Gasteiger partial charge in [-0.25, -0.2) is 0 Å². The van der Waals surface area contributed by atoms with Crippen molar-refractivity contribution in [2.24, 2.45) is 0 Å². The van der Waals surface area contributed by atoms with Crippen molar-refractivity contribution in [1.29, 1.82) is 0 Å². The van der Waals surface area contributed by atoms with Gasteiger partial charge in [-0.3, -0.25) is 10.1 Å². The Morgan fingerprint density at radius 1 is 1.44 bits per heavy atom. The van der Waals surface area contributed by atoms with Gasteiger partial charge in [0.05, 0.1) is 17.6 Å². The Bertz CT molecular complexity index is 469. The molecule has 0 bridgehead atoms. The number of nitro groups is 1. The summed E-state index contributed by atoms with van der Waals surface area (Å²) in [6.45, 7) is 0. The summed E-state index contributed by atoms with van der Waals surface area (Å²) in [6, 6.07) is 4.88. The van der Waals surface area contributed by atoms with Crippen molar-refractivity contribution in [1.82, 2.24) is 0 Å². The van der Waals surface area contributed by atoms with Crippen LogP contribution in [0.5, 0.6) is 0 Å². The van der Waals surface area contributed by atoms with E-state index in [1.807, 2.05) is 0 Å². The SMILES string of the molecule is COC(=C[N+](=O)[O-])Cc1ccccc1C(F)(F)F. The Morgan fingerprint density at radius 3 is 2.56 bits per heavy atom. The lowest BCUT2D eigenvalue weighted by Gasteiger charge is -2.12. The molecular weight excluding hydrogens is 251 g/mol. The third-order valence-corrected chi connectivity index (χ3v) is 2.20. The van der Waals surface area contributed by atoms with Gasteiger partial charge in [-0.1, -0.05) is 18.2 Å². The second kappa shape index (κ2) is 5.52. The molecule has 1 aromatic rings. The number of halogens is 3. The number of allylic oxidation sites excluding steroid dienone is 1.